The van der Waals surface area contributed by atoms with Crippen LogP contribution >= 0.6 is 0 Å². The van der Waals surface area contributed by atoms with Crippen molar-refractivity contribution in [3.8, 4) is 0 Å². The Morgan fingerprint density at radius 2 is 0.727 bits per heavy atom. The van der Waals surface area contributed by atoms with Gasteiger partial charge in [-0.25, -0.2) is 0 Å². The quantitative estimate of drug-likeness (QED) is 0.673. The maximum atomic E-state index is 14.5. The van der Waals surface area contributed by atoms with Gasteiger partial charge in [-0.15, -0.1) is 0 Å². The average molecular weight is 349 g/mol. The molecule has 3 aliphatic rings. The fourth-order valence-corrected chi connectivity index (χ4v) is 16.4. The van der Waals surface area contributed by atoms with Crippen molar-refractivity contribution in [2.45, 2.75) is 110 Å². The number of hydrogen-bond donors (Lipinski definition) is 1. The molecule has 0 aliphatic heterocycles. The van der Waals surface area contributed by atoms with Crippen LogP contribution in [-0.2, 0) is 19.4 Å². The summed E-state index contributed by atoms with van der Waals surface area (Å²) in [5, 5.41) is 0. The summed E-state index contributed by atoms with van der Waals surface area (Å²) < 4.78 is 39.6. The normalized spacial score (nSPS) is 30.6. The van der Waals surface area contributed by atoms with Gasteiger partial charge in [-0.3, -0.25) is 0 Å². The summed E-state index contributed by atoms with van der Waals surface area (Å²) in [4.78, 5) is 0. The molecule has 0 unspecified atom stereocenters. The Hall–Kier alpha value is 0.144. The van der Waals surface area contributed by atoms with E-state index in [0.29, 0.717) is 0 Å². The Balaban J connectivity index is 2.06. The second-order valence-electron chi connectivity index (χ2n) is 8.54. The molecule has 0 aromatic rings. The van der Waals surface area contributed by atoms with E-state index >= 15 is 0 Å². The molecular formula is C18H34O3V. The van der Waals surface area contributed by atoms with Gasteiger partial charge >= 0.3 is 134 Å². The van der Waals surface area contributed by atoms with Crippen LogP contribution in [0.25, 0.3) is 0 Å². The van der Waals surface area contributed by atoms with Crippen LogP contribution < -0.4 is 0 Å². The Bertz CT molecular complexity index is 485. The molecule has 0 bridgehead atoms. The van der Waals surface area contributed by atoms with Crippen molar-refractivity contribution in [3.63, 3.8) is 0 Å². The van der Waals surface area contributed by atoms with Crippen molar-refractivity contribution < 1.29 is 23.4 Å². The van der Waals surface area contributed by atoms with Gasteiger partial charge in [0, 0.05) is 0 Å². The van der Waals surface area contributed by atoms with Crippen molar-refractivity contribution in [1.29, 1.82) is 0 Å². The monoisotopic (exact) mass is 349 g/mol. The Kier molecular flexibility index (Phi) is 4.32. The summed E-state index contributed by atoms with van der Waals surface area (Å²) in [5.41, 5.74) is 0. The first kappa shape index (κ1) is 17.0. The Morgan fingerprint density at radius 3 is 0.955 bits per heavy atom. The summed E-state index contributed by atoms with van der Waals surface area (Å²) >= 11 is -6.37. The summed E-state index contributed by atoms with van der Waals surface area (Å²) in [6.45, 7) is 0. The van der Waals surface area contributed by atoms with Gasteiger partial charge in [0.25, 0.3) is 0 Å². The third-order valence-corrected chi connectivity index (χ3v) is 18.1. The predicted molar refractivity (Wildman–Crippen MR) is 84.1 cm³/mol. The molecule has 0 heterocycles. The molecule has 1 N–H and O–H groups in total. The molecule has 129 valence electrons. The van der Waals surface area contributed by atoms with Gasteiger partial charge < -0.3 is 0 Å². The molecule has 0 amide bonds. The molecule has 3 aliphatic carbocycles. The van der Waals surface area contributed by atoms with Crippen LogP contribution in [-0.4, -0.2) is 4.03 Å². The summed E-state index contributed by atoms with van der Waals surface area (Å²) in [6.07, 6.45) is 13.6. The first-order valence-electron chi connectivity index (χ1n) is 9.79. The van der Waals surface area contributed by atoms with E-state index < -0.39 is 25.9 Å². The molecule has 0 saturated heterocycles. The van der Waals surface area contributed by atoms with E-state index in [1.807, 2.05) is 0 Å². The minimum atomic E-state index is -6.37. The Morgan fingerprint density at radius 1 is 0.500 bits per heavy atom. The summed E-state index contributed by atoms with van der Waals surface area (Å²) in [7, 11) is 0. The maximum absolute atomic E-state index is 14.5. The zero-order chi connectivity index (χ0) is 15.7. The number of hydrogen-bond acceptors (Lipinski definition) is 2. The zero-order valence-electron chi connectivity index (χ0n) is 14.0. The third-order valence-electron chi connectivity index (χ3n) is 7.37. The first-order valence-corrected chi connectivity index (χ1v) is 14.0. The fourth-order valence-electron chi connectivity index (χ4n) is 6.01. The first-order chi connectivity index (χ1) is 10.4. The standard InChI is InChI=1S/3C6H11.H2O.2O.V/c3*1-2-4-6-5-3-1;;;;/h3*1H,2-6H2;1H2;;;/q;;;;;;+1/p-1. The molecule has 4 heteroatoms. The van der Waals surface area contributed by atoms with E-state index in [9.17, 15) is 11.4 Å². The van der Waals surface area contributed by atoms with Crippen molar-refractivity contribution in [1.82, 2.24) is 0 Å². The van der Waals surface area contributed by atoms with Gasteiger partial charge in [0.2, 0.25) is 0 Å². The van der Waals surface area contributed by atoms with Gasteiger partial charge in [0.15, 0.2) is 0 Å². The van der Waals surface area contributed by atoms with E-state index in [4.69, 9.17) is 0 Å². The molecule has 3 nitrogen and oxygen atoms in total. The molecule has 0 atom stereocenters. The van der Waals surface area contributed by atoms with Crippen LogP contribution in [0.1, 0.15) is 96.3 Å². The van der Waals surface area contributed by atoms with Crippen LogP contribution in [0.15, 0.2) is 0 Å². The van der Waals surface area contributed by atoms with Gasteiger partial charge in [0.1, 0.15) is 0 Å². The van der Waals surface area contributed by atoms with Crippen molar-refractivity contribution in [3.05, 3.63) is 0 Å². The van der Waals surface area contributed by atoms with Crippen molar-refractivity contribution in [2.24, 2.45) is 0 Å². The molecule has 3 fully saturated rings. The zero-order valence-corrected chi connectivity index (χ0v) is 15.4. The van der Waals surface area contributed by atoms with E-state index in [0.717, 1.165) is 96.3 Å². The molecule has 3 saturated carbocycles. The van der Waals surface area contributed by atoms with Gasteiger partial charge in [-0.05, 0) is 0 Å². The van der Waals surface area contributed by atoms with Crippen LogP contribution in [0, 0.1) is 0 Å². The second kappa shape index (κ2) is 5.60. The van der Waals surface area contributed by atoms with Gasteiger partial charge in [-0.1, -0.05) is 0 Å². The van der Waals surface area contributed by atoms with Gasteiger partial charge in [-0.2, -0.15) is 0 Å². The second-order valence-corrected chi connectivity index (χ2v) is 17.2. The van der Waals surface area contributed by atoms with Crippen LogP contribution in [0.5, 0.6) is 0 Å². The van der Waals surface area contributed by atoms with E-state index in [1.54, 1.807) is 0 Å². The molecule has 0 aromatic heterocycles. The van der Waals surface area contributed by atoms with Gasteiger partial charge in [0.05, 0.1) is 0 Å². The van der Waals surface area contributed by atoms with Crippen molar-refractivity contribution >= 4 is 0 Å². The van der Waals surface area contributed by atoms with Crippen molar-refractivity contribution in [2.75, 3.05) is 0 Å². The molecule has 0 aromatic carbocycles. The summed E-state index contributed by atoms with van der Waals surface area (Å²) in [6, 6.07) is 0. The Labute approximate surface area is 133 Å². The van der Waals surface area contributed by atoms with Crippen LogP contribution in [0.2, 0.25) is 13.9 Å². The topological polar surface area (TPSA) is 54.4 Å². The van der Waals surface area contributed by atoms with E-state index in [-0.39, 0.29) is 0 Å². The number of rotatable bonds is 3. The average Bonchev–Trinajstić information content (AvgIpc) is 2.58. The van der Waals surface area contributed by atoms with Crippen LogP contribution in [0.3, 0.4) is 0 Å². The molecular weight excluding hydrogens is 315 g/mol. The van der Waals surface area contributed by atoms with E-state index in [1.165, 1.54) is 0 Å². The fraction of sp³-hybridized carbons (Fsp3) is 1.00. The summed E-state index contributed by atoms with van der Waals surface area (Å²) in [5.74, 6) is 0. The minimum absolute atomic E-state index is 0.413. The SMILES string of the molecule is [O]=[V](=[O])([OH])([CH]1CCCCC1)([CH]1CCCCC1)[CH]1CCCCC1. The van der Waals surface area contributed by atoms with E-state index in [2.05, 4.69) is 0 Å². The predicted octanol–water partition coefficient (Wildman–Crippen LogP) is 6.07. The molecule has 0 spiro atoms. The molecule has 22 heavy (non-hydrogen) atoms. The third kappa shape index (κ3) is 2.52. The van der Waals surface area contributed by atoms with Crippen LogP contribution in [0.4, 0.5) is 0 Å². The molecule has 0 radical (unpaired) electrons. The molecule has 3 rings (SSSR count).